The van der Waals surface area contributed by atoms with Gasteiger partial charge in [-0.2, -0.15) is 11.8 Å². The van der Waals surface area contributed by atoms with E-state index in [9.17, 15) is 0 Å². The maximum absolute atomic E-state index is 5.70. The summed E-state index contributed by atoms with van der Waals surface area (Å²) in [5.41, 5.74) is 7.29. The average molecular weight is 208 g/mol. The molecule has 0 bridgehead atoms. The normalized spacial score (nSPS) is 10.9. The van der Waals surface area contributed by atoms with E-state index in [1.165, 1.54) is 0 Å². The van der Waals surface area contributed by atoms with Crippen molar-refractivity contribution in [3.05, 3.63) is 24.2 Å². The number of fused-ring (bicyclic) bond motifs is 1. The van der Waals surface area contributed by atoms with Crippen LogP contribution in [0, 0.1) is 0 Å². The molecule has 0 aromatic carbocycles. The van der Waals surface area contributed by atoms with Crippen LogP contribution in [0.15, 0.2) is 18.3 Å². The average Bonchev–Trinajstić information content (AvgIpc) is 2.57. The van der Waals surface area contributed by atoms with Crippen LogP contribution in [-0.2, 0) is 6.42 Å². The number of hydrogen-bond acceptors (Lipinski definition) is 4. The van der Waals surface area contributed by atoms with Gasteiger partial charge in [-0.1, -0.05) is 0 Å². The van der Waals surface area contributed by atoms with E-state index in [-0.39, 0.29) is 0 Å². The van der Waals surface area contributed by atoms with Gasteiger partial charge in [0.1, 0.15) is 5.82 Å². The molecule has 2 N–H and O–H groups in total. The van der Waals surface area contributed by atoms with Crippen LogP contribution < -0.4 is 5.73 Å². The Morgan fingerprint density at radius 2 is 2.29 bits per heavy atom. The SMILES string of the molecule is CSCCc1nnc2ccc(N)cn12. The highest BCUT2D eigenvalue weighted by Crippen LogP contribution is 2.09. The second-order valence-electron chi connectivity index (χ2n) is 3.05. The van der Waals surface area contributed by atoms with Crippen LogP contribution in [0.25, 0.3) is 5.65 Å². The molecule has 74 valence electrons. The first-order valence-electron chi connectivity index (χ1n) is 4.39. The van der Waals surface area contributed by atoms with E-state index in [2.05, 4.69) is 16.5 Å². The van der Waals surface area contributed by atoms with Gasteiger partial charge in [0.05, 0.1) is 0 Å². The molecular formula is C9H12N4S. The zero-order chi connectivity index (χ0) is 9.97. The van der Waals surface area contributed by atoms with Crippen molar-refractivity contribution in [1.82, 2.24) is 14.6 Å². The summed E-state index contributed by atoms with van der Waals surface area (Å²) in [6, 6.07) is 3.72. The summed E-state index contributed by atoms with van der Waals surface area (Å²) in [5, 5.41) is 8.18. The molecular weight excluding hydrogens is 196 g/mol. The van der Waals surface area contributed by atoms with Crippen molar-refractivity contribution >= 4 is 23.1 Å². The second-order valence-corrected chi connectivity index (χ2v) is 4.04. The minimum atomic E-state index is 0.739. The van der Waals surface area contributed by atoms with Crippen molar-refractivity contribution in [1.29, 1.82) is 0 Å². The molecule has 4 nitrogen and oxygen atoms in total. The van der Waals surface area contributed by atoms with E-state index in [4.69, 9.17) is 5.73 Å². The van der Waals surface area contributed by atoms with Gasteiger partial charge in [0.15, 0.2) is 5.65 Å². The molecule has 0 saturated heterocycles. The van der Waals surface area contributed by atoms with E-state index in [0.29, 0.717) is 0 Å². The molecule has 14 heavy (non-hydrogen) atoms. The Morgan fingerprint density at radius 1 is 1.43 bits per heavy atom. The second kappa shape index (κ2) is 3.88. The summed E-state index contributed by atoms with van der Waals surface area (Å²) in [6.07, 6.45) is 4.87. The third-order valence-corrected chi connectivity index (χ3v) is 2.64. The van der Waals surface area contributed by atoms with Gasteiger partial charge in [0.2, 0.25) is 0 Å². The predicted octanol–water partition coefficient (Wildman–Crippen LogP) is 1.22. The van der Waals surface area contributed by atoms with Gasteiger partial charge in [-0.05, 0) is 18.4 Å². The Hall–Kier alpha value is -1.23. The molecule has 2 aromatic rings. The summed E-state index contributed by atoms with van der Waals surface area (Å²) in [7, 11) is 0. The minimum Gasteiger partial charge on any atom is -0.398 e. The minimum absolute atomic E-state index is 0.739. The van der Waals surface area contributed by atoms with Crippen molar-refractivity contribution < 1.29 is 0 Å². The number of nitrogens with two attached hydrogens (primary N) is 1. The molecule has 0 unspecified atom stereocenters. The number of aryl methyl sites for hydroxylation is 1. The van der Waals surface area contributed by atoms with Crippen molar-refractivity contribution in [3.63, 3.8) is 0 Å². The molecule has 0 spiro atoms. The third-order valence-electron chi connectivity index (χ3n) is 2.03. The first-order chi connectivity index (χ1) is 6.81. The van der Waals surface area contributed by atoms with Gasteiger partial charge in [0.25, 0.3) is 0 Å². The number of thioether (sulfide) groups is 1. The Balaban J connectivity index is 2.40. The summed E-state index contributed by atoms with van der Waals surface area (Å²) >= 11 is 1.80. The molecule has 2 aromatic heterocycles. The Bertz CT molecular complexity index is 437. The Kier molecular flexibility index (Phi) is 2.58. The fourth-order valence-corrected chi connectivity index (χ4v) is 1.71. The molecule has 0 radical (unpaired) electrons. The van der Waals surface area contributed by atoms with E-state index >= 15 is 0 Å². The number of rotatable bonds is 3. The van der Waals surface area contributed by atoms with Crippen LogP contribution in [0.5, 0.6) is 0 Å². The number of hydrogen-bond donors (Lipinski definition) is 1. The number of aromatic nitrogens is 3. The number of nitrogen functional groups attached to an aromatic ring is 1. The molecule has 0 atom stereocenters. The smallest absolute Gasteiger partial charge is 0.160 e. The highest BCUT2D eigenvalue weighted by molar-refractivity contribution is 7.98. The molecule has 0 fully saturated rings. The fraction of sp³-hybridized carbons (Fsp3) is 0.333. The van der Waals surface area contributed by atoms with Gasteiger partial charge in [-0.15, -0.1) is 10.2 Å². The first-order valence-corrected chi connectivity index (χ1v) is 5.78. The standard InChI is InChI=1S/C9H12N4S/c1-14-5-4-9-12-11-8-3-2-7(10)6-13(8)9/h2-3,6H,4-5,10H2,1H3. The third kappa shape index (κ3) is 1.68. The zero-order valence-corrected chi connectivity index (χ0v) is 8.79. The predicted molar refractivity (Wildman–Crippen MR) is 59.5 cm³/mol. The largest absolute Gasteiger partial charge is 0.398 e. The quantitative estimate of drug-likeness (QED) is 0.824. The lowest BCUT2D eigenvalue weighted by molar-refractivity contribution is 0.917. The van der Waals surface area contributed by atoms with Crippen molar-refractivity contribution in [2.24, 2.45) is 0 Å². The van der Waals surface area contributed by atoms with Crippen LogP contribution >= 0.6 is 11.8 Å². The van der Waals surface area contributed by atoms with Crippen molar-refractivity contribution in [3.8, 4) is 0 Å². The monoisotopic (exact) mass is 208 g/mol. The maximum Gasteiger partial charge on any atom is 0.160 e. The van der Waals surface area contributed by atoms with E-state index in [0.717, 1.165) is 29.3 Å². The Labute approximate surface area is 86.5 Å². The van der Waals surface area contributed by atoms with Crippen LogP contribution in [0.4, 0.5) is 5.69 Å². The number of nitrogens with zero attached hydrogens (tertiary/aromatic N) is 3. The van der Waals surface area contributed by atoms with Gasteiger partial charge in [0, 0.05) is 24.1 Å². The number of anilines is 1. The van der Waals surface area contributed by atoms with Crippen molar-refractivity contribution in [2.45, 2.75) is 6.42 Å². The first kappa shape index (κ1) is 9.33. The van der Waals surface area contributed by atoms with E-state index < -0.39 is 0 Å². The Morgan fingerprint density at radius 3 is 3.07 bits per heavy atom. The molecule has 0 aliphatic rings. The molecule has 2 rings (SSSR count). The lowest BCUT2D eigenvalue weighted by Gasteiger charge is -1.99. The van der Waals surface area contributed by atoms with Crippen LogP contribution in [0.3, 0.4) is 0 Å². The summed E-state index contributed by atoms with van der Waals surface area (Å²) in [6.45, 7) is 0. The molecule has 0 saturated carbocycles. The van der Waals surface area contributed by atoms with Gasteiger partial charge < -0.3 is 5.73 Å². The highest BCUT2D eigenvalue weighted by Gasteiger charge is 2.04. The molecule has 2 heterocycles. The number of pyridine rings is 1. The maximum atomic E-state index is 5.70. The fourth-order valence-electron chi connectivity index (χ4n) is 1.32. The zero-order valence-electron chi connectivity index (χ0n) is 7.97. The van der Waals surface area contributed by atoms with E-state index in [1.807, 2.05) is 22.7 Å². The van der Waals surface area contributed by atoms with Crippen LogP contribution in [-0.4, -0.2) is 26.6 Å². The van der Waals surface area contributed by atoms with Crippen LogP contribution in [0.1, 0.15) is 5.82 Å². The van der Waals surface area contributed by atoms with Gasteiger partial charge in [-0.3, -0.25) is 4.40 Å². The topological polar surface area (TPSA) is 56.2 Å². The van der Waals surface area contributed by atoms with Crippen molar-refractivity contribution in [2.75, 3.05) is 17.7 Å². The van der Waals surface area contributed by atoms with E-state index in [1.54, 1.807) is 11.8 Å². The van der Waals surface area contributed by atoms with Crippen LogP contribution in [0.2, 0.25) is 0 Å². The summed E-state index contributed by atoms with van der Waals surface area (Å²) in [5.74, 6) is 2.02. The van der Waals surface area contributed by atoms with Gasteiger partial charge in [-0.25, -0.2) is 0 Å². The summed E-state index contributed by atoms with van der Waals surface area (Å²) in [4.78, 5) is 0. The highest BCUT2D eigenvalue weighted by atomic mass is 32.2. The lowest BCUT2D eigenvalue weighted by atomic mass is 10.4. The molecule has 0 aliphatic heterocycles. The lowest BCUT2D eigenvalue weighted by Crippen LogP contribution is -1.98. The molecule has 0 aliphatic carbocycles. The van der Waals surface area contributed by atoms with Gasteiger partial charge >= 0.3 is 0 Å². The molecule has 0 amide bonds. The molecule has 5 heteroatoms. The summed E-state index contributed by atoms with van der Waals surface area (Å²) < 4.78 is 1.95.